The number of aryl methyl sites for hydroxylation is 1. The number of para-hydroxylation sites is 2. The van der Waals surface area contributed by atoms with Gasteiger partial charge in [-0.1, -0.05) is 18.2 Å². The second-order valence-corrected chi connectivity index (χ2v) is 4.33. The van der Waals surface area contributed by atoms with Crippen molar-refractivity contribution < 1.29 is 14.3 Å². The van der Waals surface area contributed by atoms with E-state index in [1.165, 1.54) is 7.11 Å². The first-order valence-electron chi connectivity index (χ1n) is 6.28. The molecule has 1 heterocycles. The lowest BCUT2D eigenvalue weighted by atomic mass is 10.3. The molecule has 0 aliphatic rings. The second kappa shape index (κ2) is 6.51. The Kier molecular flexibility index (Phi) is 4.50. The van der Waals surface area contributed by atoms with Gasteiger partial charge in [-0.3, -0.25) is 9.59 Å². The average molecular weight is 285 g/mol. The molecule has 1 aromatic carbocycles. The summed E-state index contributed by atoms with van der Waals surface area (Å²) in [5.74, 6) is -0.785. The number of hydrogen-bond acceptors (Lipinski definition) is 4. The topological polar surface area (TPSA) is 80.3 Å². The molecule has 21 heavy (non-hydrogen) atoms. The van der Waals surface area contributed by atoms with Crippen LogP contribution in [0.4, 0.5) is 11.5 Å². The van der Waals surface area contributed by atoms with E-state index in [9.17, 15) is 9.59 Å². The minimum absolute atomic E-state index is 0.320. The van der Waals surface area contributed by atoms with Crippen molar-refractivity contribution in [2.24, 2.45) is 0 Å². The number of rotatable bonds is 3. The van der Waals surface area contributed by atoms with Crippen LogP contribution in [0.1, 0.15) is 5.56 Å². The van der Waals surface area contributed by atoms with Gasteiger partial charge in [0, 0.05) is 6.20 Å². The Hall–Kier alpha value is -2.89. The van der Waals surface area contributed by atoms with E-state index in [1.807, 2.05) is 6.92 Å². The molecule has 2 aromatic rings. The Morgan fingerprint density at radius 2 is 1.76 bits per heavy atom. The van der Waals surface area contributed by atoms with Crippen molar-refractivity contribution in [3.8, 4) is 5.75 Å². The summed E-state index contributed by atoms with van der Waals surface area (Å²) in [5.41, 5.74) is 1.39. The number of aromatic nitrogens is 1. The molecule has 0 radical (unpaired) electrons. The number of benzene rings is 1. The maximum Gasteiger partial charge on any atom is 0.315 e. The van der Waals surface area contributed by atoms with Crippen molar-refractivity contribution in [1.29, 1.82) is 0 Å². The van der Waals surface area contributed by atoms with Crippen LogP contribution < -0.4 is 15.4 Å². The Bertz CT molecular complexity index is 653. The molecule has 108 valence electrons. The third-order valence-corrected chi connectivity index (χ3v) is 2.71. The van der Waals surface area contributed by atoms with E-state index in [0.717, 1.165) is 5.56 Å². The van der Waals surface area contributed by atoms with E-state index in [1.54, 1.807) is 42.6 Å². The normalized spacial score (nSPS) is 9.81. The Balaban J connectivity index is 2.02. The predicted octanol–water partition coefficient (Wildman–Crippen LogP) is 1.98. The number of methoxy groups -OCH3 is 1. The fourth-order valence-electron chi connectivity index (χ4n) is 1.64. The molecule has 0 fully saturated rings. The van der Waals surface area contributed by atoms with Gasteiger partial charge in [-0.15, -0.1) is 0 Å². The van der Waals surface area contributed by atoms with Crippen LogP contribution >= 0.6 is 0 Å². The Labute approximate surface area is 122 Å². The number of anilines is 2. The second-order valence-electron chi connectivity index (χ2n) is 4.33. The summed E-state index contributed by atoms with van der Waals surface area (Å²) < 4.78 is 5.10. The summed E-state index contributed by atoms with van der Waals surface area (Å²) in [6.07, 6.45) is 1.60. The highest BCUT2D eigenvalue weighted by molar-refractivity contribution is 6.43. The molecule has 0 bridgehead atoms. The zero-order valence-corrected chi connectivity index (χ0v) is 11.7. The molecule has 0 aliphatic carbocycles. The van der Waals surface area contributed by atoms with Crippen molar-refractivity contribution in [3.05, 3.63) is 48.2 Å². The molecule has 1 aromatic heterocycles. The molecule has 0 spiro atoms. The highest BCUT2D eigenvalue weighted by atomic mass is 16.5. The van der Waals surface area contributed by atoms with Crippen LogP contribution in [0.5, 0.6) is 5.75 Å². The zero-order chi connectivity index (χ0) is 15.2. The van der Waals surface area contributed by atoms with E-state index in [-0.39, 0.29) is 0 Å². The molecule has 0 saturated heterocycles. The Morgan fingerprint density at radius 3 is 2.43 bits per heavy atom. The number of pyridine rings is 1. The molecule has 2 rings (SSSR count). The molecule has 0 aliphatic heterocycles. The first-order chi connectivity index (χ1) is 10.1. The van der Waals surface area contributed by atoms with Gasteiger partial charge >= 0.3 is 11.8 Å². The van der Waals surface area contributed by atoms with Crippen molar-refractivity contribution in [1.82, 2.24) is 4.98 Å². The van der Waals surface area contributed by atoms with E-state index in [4.69, 9.17) is 4.74 Å². The standard InChI is InChI=1S/C15H15N3O3/c1-10-7-8-13(16-9-10)18-15(20)14(19)17-11-5-3-4-6-12(11)21-2/h3-9H,1-2H3,(H,17,19)(H,16,18,20). The maximum atomic E-state index is 11.8. The van der Waals surface area contributed by atoms with Crippen LogP contribution in [0.15, 0.2) is 42.6 Å². The van der Waals surface area contributed by atoms with Crippen molar-refractivity contribution in [3.63, 3.8) is 0 Å². The fraction of sp³-hybridized carbons (Fsp3) is 0.133. The summed E-state index contributed by atoms with van der Waals surface area (Å²) in [6, 6.07) is 10.3. The first-order valence-corrected chi connectivity index (χ1v) is 6.28. The summed E-state index contributed by atoms with van der Waals surface area (Å²) in [7, 11) is 1.49. The molecule has 6 nitrogen and oxygen atoms in total. The molecule has 2 N–H and O–H groups in total. The van der Waals surface area contributed by atoms with E-state index >= 15 is 0 Å². The monoisotopic (exact) mass is 285 g/mol. The van der Waals surface area contributed by atoms with Crippen LogP contribution in [0.25, 0.3) is 0 Å². The maximum absolute atomic E-state index is 11.8. The number of amides is 2. The lowest BCUT2D eigenvalue weighted by Crippen LogP contribution is -2.29. The third kappa shape index (κ3) is 3.79. The van der Waals surface area contributed by atoms with Crippen LogP contribution in [0.3, 0.4) is 0 Å². The highest BCUT2D eigenvalue weighted by Gasteiger charge is 2.16. The van der Waals surface area contributed by atoms with Gasteiger partial charge < -0.3 is 15.4 Å². The number of nitrogens with zero attached hydrogens (tertiary/aromatic N) is 1. The summed E-state index contributed by atoms with van der Waals surface area (Å²) in [6.45, 7) is 1.88. The summed E-state index contributed by atoms with van der Waals surface area (Å²) in [4.78, 5) is 27.6. The zero-order valence-electron chi connectivity index (χ0n) is 11.7. The fourth-order valence-corrected chi connectivity index (χ4v) is 1.64. The number of carbonyl (C=O) groups excluding carboxylic acids is 2. The van der Waals surface area contributed by atoms with Crippen molar-refractivity contribution in [2.45, 2.75) is 6.92 Å². The molecular weight excluding hydrogens is 270 g/mol. The van der Waals surface area contributed by atoms with Crippen LogP contribution in [-0.4, -0.2) is 23.9 Å². The van der Waals surface area contributed by atoms with Gasteiger partial charge in [0.1, 0.15) is 11.6 Å². The lowest BCUT2D eigenvalue weighted by Gasteiger charge is -2.09. The number of carbonyl (C=O) groups is 2. The van der Waals surface area contributed by atoms with Gasteiger partial charge in [0.25, 0.3) is 0 Å². The average Bonchev–Trinajstić information content (AvgIpc) is 2.50. The van der Waals surface area contributed by atoms with Gasteiger partial charge in [-0.2, -0.15) is 0 Å². The summed E-state index contributed by atoms with van der Waals surface area (Å²) in [5, 5.41) is 4.91. The number of nitrogens with one attached hydrogen (secondary N) is 2. The van der Waals surface area contributed by atoms with Gasteiger partial charge in [0.2, 0.25) is 0 Å². The van der Waals surface area contributed by atoms with Gasteiger partial charge in [-0.05, 0) is 30.7 Å². The minimum Gasteiger partial charge on any atom is -0.495 e. The minimum atomic E-state index is -0.794. The number of hydrogen-bond donors (Lipinski definition) is 2. The van der Waals surface area contributed by atoms with Crippen molar-refractivity contribution >= 4 is 23.3 Å². The van der Waals surface area contributed by atoms with Crippen LogP contribution in [0, 0.1) is 6.92 Å². The lowest BCUT2D eigenvalue weighted by molar-refractivity contribution is -0.133. The van der Waals surface area contributed by atoms with Gasteiger partial charge in [0.15, 0.2) is 0 Å². The molecule has 6 heteroatoms. The Morgan fingerprint density at radius 1 is 1.05 bits per heavy atom. The number of ether oxygens (including phenoxy) is 1. The van der Waals surface area contributed by atoms with Gasteiger partial charge in [-0.25, -0.2) is 4.98 Å². The van der Waals surface area contributed by atoms with Crippen LogP contribution in [0.2, 0.25) is 0 Å². The molecule has 2 amide bonds. The predicted molar refractivity (Wildman–Crippen MR) is 79.2 cm³/mol. The smallest absolute Gasteiger partial charge is 0.315 e. The third-order valence-electron chi connectivity index (χ3n) is 2.71. The molecule has 0 atom stereocenters. The quantitative estimate of drug-likeness (QED) is 0.845. The van der Waals surface area contributed by atoms with Crippen molar-refractivity contribution in [2.75, 3.05) is 17.7 Å². The van der Waals surface area contributed by atoms with E-state index < -0.39 is 11.8 Å². The highest BCUT2D eigenvalue weighted by Crippen LogP contribution is 2.22. The molecule has 0 saturated carbocycles. The van der Waals surface area contributed by atoms with Gasteiger partial charge in [0.05, 0.1) is 12.8 Å². The molecular formula is C15H15N3O3. The largest absolute Gasteiger partial charge is 0.495 e. The van der Waals surface area contributed by atoms with E-state index in [2.05, 4.69) is 15.6 Å². The summed E-state index contributed by atoms with van der Waals surface area (Å²) >= 11 is 0. The molecule has 0 unspecified atom stereocenters. The van der Waals surface area contributed by atoms with Crippen LogP contribution in [-0.2, 0) is 9.59 Å². The van der Waals surface area contributed by atoms with E-state index in [0.29, 0.717) is 17.3 Å². The SMILES string of the molecule is COc1ccccc1NC(=O)C(=O)Nc1ccc(C)cn1. The first kappa shape index (κ1) is 14.5.